The fourth-order valence-corrected chi connectivity index (χ4v) is 3.20. The van der Waals surface area contributed by atoms with Crippen LogP contribution in [0.4, 0.5) is 10.1 Å². The van der Waals surface area contributed by atoms with Gasteiger partial charge in [-0.1, -0.05) is 30.0 Å². The Bertz CT molecular complexity index is 884. The summed E-state index contributed by atoms with van der Waals surface area (Å²) in [6.45, 7) is 2.83. The maximum atomic E-state index is 12.9. The summed E-state index contributed by atoms with van der Waals surface area (Å²) in [7, 11) is 0. The molecule has 3 rings (SSSR count). The summed E-state index contributed by atoms with van der Waals surface area (Å²) >= 11 is 1.32. The highest BCUT2D eigenvalue weighted by Crippen LogP contribution is 2.19. The Morgan fingerprint density at radius 1 is 1.15 bits per heavy atom. The second-order valence-electron chi connectivity index (χ2n) is 5.59. The lowest BCUT2D eigenvalue weighted by Crippen LogP contribution is -2.14. The minimum atomic E-state index is -0.313. The van der Waals surface area contributed by atoms with E-state index in [2.05, 4.69) is 15.5 Å². The number of carbonyl (C=O) groups is 1. The van der Waals surface area contributed by atoms with Crippen LogP contribution in [-0.4, -0.2) is 26.4 Å². The van der Waals surface area contributed by atoms with Gasteiger partial charge in [-0.05, 0) is 43.3 Å². The van der Waals surface area contributed by atoms with E-state index in [4.69, 9.17) is 4.74 Å². The molecule has 0 aliphatic heterocycles. The Hall–Kier alpha value is -2.87. The molecule has 0 radical (unpaired) electrons. The van der Waals surface area contributed by atoms with Gasteiger partial charge in [-0.25, -0.2) is 4.39 Å². The third kappa shape index (κ3) is 5.30. The highest BCUT2D eigenvalue weighted by molar-refractivity contribution is 7.99. The number of hydrogen-bond donors (Lipinski definition) is 1. The molecule has 0 saturated carbocycles. The summed E-state index contributed by atoms with van der Waals surface area (Å²) < 4.78 is 20.5. The topological polar surface area (TPSA) is 69.0 Å². The Labute approximate surface area is 160 Å². The maximum absolute atomic E-state index is 12.9. The summed E-state index contributed by atoms with van der Waals surface area (Å²) in [4.78, 5) is 12.1. The number of para-hydroxylation sites is 1. The van der Waals surface area contributed by atoms with E-state index in [0.717, 1.165) is 5.69 Å². The van der Waals surface area contributed by atoms with Gasteiger partial charge in [0, 0.05) is 12.2 Å². The van der Waals surface area contributed by atoms with Crippen molar-refractivity contribution in [2.75, 3.05) is 11.1 Å². The van der Waals surface area contributed by atoms with E-state index in [1.807, 2.05) is 41.8 Å². The molecule has 1 N–H and O–H groups in total. The van der Waals surface area contributed by atoms with Crippen molar-refractivity contribution < 1.29 is 13.9 Å². The van der Waals surface area contributed by atoms with E-state index < -0.39 is 0 Å². The molecular formula is C19H19FN4O2S. The van der Waals surface area contributed by atoms with Gasteiger partial charge in [0.25, 0.3) is 0 Å². The normalized spacial score (nSPS) is 10.6. The van der Waals surface area contributed by atoms with Gasteiger partial charge in [-0.2, -0.15) is 0 Å². The molecule has 0 aliphatic rings. The summed E-state index contributed by atoms with van der Waals surface area (Å²) in [5.74, 6) is 1.00. The highest BCUT2D eigenvalue weighted by Gasteiger charge is 2.14. The Morgan fingerprint density at radius 2 is 1.89 bits per heavy atom. The first kappa shape index (κ1) is 18.9. The number of anilines is 1. The molecule has 140 valence electrons. The van der Waals surface area contributed by atoms with Crippen LogP contribution in [0.3, 0.4) is 0 Å². The third-order valence-corrected chi connectivity index (χ3v) is 4.65. The van der Waals surface area contributed by atoms with E-state index >= 15 is 0 Å². The SMILES string of the molecule is CCn1c(COc2ccc(F)cc2)nnc1SCC(=O)Nc1ccccc1. The van der Waals surface area contributed by atoms with Crippen molar-refractivity contribution in [2.45, 2.75) is 25.2 Å². The maximum Gasteiger partial charge on any atom is 0.234 e. The molecular weight excluding hydrogens is 367 g/mol. The van der Waals surface area contributed by atoms with Crippen LogP contribution in [0.25, 0.3) is 0 Å². The van der Waals surface area contributed by atoms with Gasteiger partial charge in [-0.15, -0.1) is 10.2 Å². The van der Waals surface area contributed by atoms with Crippen LogP contribution in [0.5, 0.6) is 5.75 Å². The number of ether oxygens (including phenoxy) is 1. The second-order valence-corrected chi connectivity index (χ2v) is 6.53. The third-order valence-electron chi connectivity index (χ3n) is 3.68. The number of aromatic nitrogens is 3. The molecule has 0 atom stereocenters. The minimum Gasteiger partial charge on any atom is -0.486 e. The van der Waals surface area contributed by atoms with Crippen molar-refractivity contribution in [2.24, 2.45) is 0 Å². The zero-order chi connectivity index (χ0) is 19.1. The summed E-state index contributed by atoms with van der Waals surface area (Å²) in [5.41, 5.74) is 0.758. The zero-order valence-corrected chi connectivity index (χ0v) is 15.6. The molecule has 0 fully saturated rings. The Balaban J connectivity index is 1.56. The molecule has 0 spiro atoms. The summed E-state index contributed by atoms with van der Waals surface area (Å²) in [6, 6.07) is 15.1. The fourth-order valence-electron chi connectivity index (χ4n) is 2.38. The standard InChI is InChI=1S/C19H19FN4O2S/c1-2-24-17(12-26-16-10-8-14(20)9-11-16)22-23-19(24)27-13-18(25)21-15-6-4-3-5-7-15/h3-11H,2,12-13H2,1H3,(H,21,25). The van der Waals surface area contributed by atoms with Gasteiger partial charge < -0.3 is 14.6 Å². The van der Waals surface area contributed by atoms with E-state index in [-0.39, 0.29) is 24.1 Å². The number of rotatable bonds is 8. The first-order valence-electron chi connectivity index (χ1n) is 8.44. The number of benzene rings is 2. The van der Waals surface area contributed by atoms with Gasteiger partial charge in [0.15, 0.2) is 11.0 Å². The van der Waals surface area contributed by atoms with E-state index in [0.29, 0.717) is 23.3 Å². The lowest BCUT2D eigenvalue weighted by Gasteiger charge is -2.09. The van der Waals surface area contributed by atoms with Crippen LogP contribution < -0.4 is 10.1 Å². The number of thioether (sulfide) groups is 1. The lowest BCUT2D eigenvalue weighted by molar-refractivity contribution is -0.113. The summed E-state index contributed by atoms with van der Waals surface area (Å²) in [6.07, 6.45) is 0. The van der Waals surface area contributed by atoms with Crippen LogP contribution in [0, 0.1) is 5.82 Å². The molecule has 1 aromatic heterocycles. The molecule has 0 aliphatic carbocycles. The number of halogens is 1. The smallest absolute Gasteiger partial charge is 0.234 e. The van der Waals surface area contributed by atoms with Crippen LogP contribution in [0.1, 0.15) is 12.7 Å². The number of hydrogen-bond acceptors (Lipinski definition) is 5. The van der Waals surface area contributed by atoms with Crippen molar-refractivity contribution in [3.8, 4) is 5.75 Å². The van der Waals surface area contributed by atoms with Gasteiger partial charge in [0.1, 0.15) is 18.2 Å². The van der Waals surface area contributed by atoms with E-state index in [9.17, 15) is 9.18 Å². The minimum absolute atomic E-state index is 0.110. The quantitative estimate of drug-likeness (QED) is 0.597. The van der Waals surface area contributed by atoms with Gasteiger partial charge in [0.2, 0.25) is 5.91 Å². The molecule has 0 saturated heterocycles. The molecule has 1 heterocycles. The van der Waals surface area contributed by atoms with Crippen molar-refractivity contribution in [3.05, 3.63) is 66.2 Å². The van der Waals surface area contributed by atoms with Crippen LogP contribution in [-0.2, 0) is 17.9 Å². The summed E-state index contributed by atoms with van der Waals surface area (Å²) in [5, 5.41) is 11.8. The molecule has 0 bridgehead atoms. The van der Waals surface area contributed by atoms with Crippen molar-refractivity contribution in [1.82, 2.24) is 14.8 Å². The van der Waals surface area contributed by atoms with Gasteiger partial charge in [0.05, 0.1) is 5.75 Å². The average molecular weight is 386 g/mol. The number of carbonyl (C=O) groups excluding carboxylic acids is 1. The zero-order valence-electron chi connectivity index (χ0n) is 14.8. The highest BCUT2D eigenvalue weighted by atomic mass is 32.2. The van der Waals surface area contributed by atoms with E-state index in [1.165, 1.54) is 23.9 Å². The largest absolute Gasteiger partial charge is 0.486 e. The average Bonchev–Trinajstić information content (AvgIpc) is 3.08. The molecule has 8 heteroatoms. The molecule has 0 unspecified atom stereocenters. The van der Waals surface area contributed by atoms with Gasteiger partial charge >= 0.3 is 0 Å². The molecule has 3 aromatic rings. The number of nitrogens with zero attached hydrogens (tertiary/aromatic N) is 3. The van der Waals surface area contributed by atoms with Crippen LogP contribution >= 0.6 is 11.8 Å². The van der Waals surface area contributed by atoms with Crippen LogP contribution in [0.15, 0.2) is 59.8 Å². The first-order chi connectivity index (χ1) is 13.2. The van der Waals surface area contributed by atoms with Gasteiger partial charge in [-0.3, -0.25) is 4.79 Å². The van der Waals surface area contributed by atoms with Crippen molar-refractivity contribution in [1.29, 1.82) is 0 Å². The van der Waals surface area contributed by atoms with Crippen molar-refractivity contribution in [3.63, 3.8) is 0 Å². The second kappa shape index (κ2) is 9.18. The number of amides is 1. The number of nitrogens with one attached hydrogen (secondary N) is 1. The molecule has 27 heavy (non-hydrogen) atoms. The predicted octanol–water partition coefficient (Wildman–Crippen LogP) is 3.75. The van der Waals surface area contributed by atoms with Crippen molar-refractivity contribution >= 4 is 23.4 Å². The first-order valence-corrected chi connectivity index (χ1v) is 9.42. The predicted molar refractivity (Wildman–Crippen MR) is 102 cm³/mol. The molecule has 2 aromatic carbocycles. The van der Waals surface area contributed by atoms with E-state index in [1.54, 1.807) is 12.1 Å². The monoisotopic (exact) mass is 386 g/mol. The molecule has 6 nitrogen and oxygen atoms in total. The Kier molecular flexibility index (Phi) is 6.43. The van der Waals surface area contributed by atoms with Crippen LogP contribution in [0.2, 0.25) is 0 Å². The lowest BCUT2D eigenvalue weighted by atomic mass is 10.3. The Morgan fingerprint density at radius 3 is 2.59 bits per heavy atom. The molecule has 1 amide bonds. The fraction of sp³-hybridized carbons (Fsp3) is 0.211.